The summed E-state index contributed by atoms with van der Waals surface area (Å²) < 4.78 is 68.2. The Hall–Kier alpha value is -0.311. The molecule has 0 spiro atoms. The smallest absolute Gasteiger partial charge is 0.759 e. The van der Waals surface area contributed by atoms with Crippen LogP contribution in [0.4, 0.5) is 0 Å². The maximum atomic E-state index is 9.24. The SMILES string of the molecule is NCC(=O)O.O=S(=O)([O-])[O-].O=S(=O)([O-])[O-].[Cu+4]. The molecule has 11 nitrogen and oxygen atoms in total. The van der Waals surface area contributed by atoms with E-state index in [-0.39, 0.29) is 23.6 Å². The summed E-state index contributed by atoms with van der Waals surface area (Å²) in [6.07, 6.45) is 0. The van der Waals surface area contributed by atoms with Crippen LogP contribution in [0.15, 0.2) is 0 Å². The van der Waals surface area contributed by atoms with Gasteiger partial charge in [-0.1, -0.05) is 0 Å². The van der Waals surface area contributed by atoms with Crippen molar-refractivity contribution in [2.75, 3.05) is 6.54 Å². The molecule has 0 heterocycles. The fourth-order valence-electron chi connectivity index (χ4n) is 0. The first-order chi connectivity index (χ1) is 6.27. The van der Waals surface area contributed by atoms with E-state index >= 15 is 0 Å². The molecule has 0 aliphatic heterocycles. The van der Waals surface area contributed by atoms with Crippen LogP contribution in [0.3, 0.4) is 0 Å². The minimum Gasteiger partial charge on any atom is -0.759 e. The molecule has 0 aliphatic rings. The van der Waals surface area contributed by atoms with Gasteiger partial charge in [-0.3, -0.25) is 21.6 Å². The molecular weight excluding hydrogens is 326 g/mol. The van der Waals surface area contributed by atoms with Gasteiger partial charge >= 0.3 is 23.0 Å². The molecule has 0 bridgehead atoms. The van der Waals surface area contributed by atoms with Gasteiger partial charge in [-0.05, 0) is 0 Å². The van der Waals surface area contributed by atoms with Gasteiger partial charge in [-0.25, -0.2) is 0 Å². The molecule has 101 valence electrons. The standard InChI is InChI=1S/C2H5NO2.Cu.2H2O4S/c3-1-2(4)5;;2*1-5(2,3)4/h1,3H2,(H,4,5);;2*(H2,1,2,3,4)/q;+4;;/p-4. The third-order valence-electron chi connectivity index (χ3n) is 0.175. The van der Waals surface area contributed by atoms with Crippen LogP contribution in [-0.4, -0.2) is 52.7 Å². The van der Waals surface area contributed by atoms with Crippen molar-refractivity contribution in [3.05, 3.63) is 0 Å². The van der Waals surface area contributed by atoms with Crippen molar-refractivity contribution in [1.29, 1.82) is 0 Å². The van der Waals surface area contributed by atoms with Gasteiger partial charge in [0.2, 0.25) is 0 Å². The molecule has 0 aromatic rings. The first-order valence-electron chi connectivity index (χ1n) is 2.52. The zero-order valence-corrected chi connectivity index (χ0v) is 9.60. The Balaban J connectivity index is -0.0000000655. The van der Waals surface area contributed by atoms with Crippen molar-refractivity contribution in [2.45, 2.75) is 0 Å². The minimum absolute atomic E-state index is 0. The van der Waals surface area contributed by atoms with Gasteiger partial charge in [0.15, 0.2) is 0 Å². The number of rotatable bonds is 1. The molecule has 0 fully saturated rings. The predicted octanol–water partition coefficient (Wildman–Crippen LogP) is -3.65. The van der Waals surface area contributed by atoms with Crippen LogP contribution in [-0.2, 0) is 42.7 Å². The summed E-state index contributed by atoms with van der Waals surface area (Å²) in [5, 5.41) is 7.60. The molecule has 14 heteroatoms. The van der Waals surface area contributed by atoms with E-state index in [1.54, 1.807) is 0 Å². The summed E-state index contributed by atoms with van der Waals surface area (Å²) in [7, 11) is -10.3. The van der Waals surface area contributed by atoms with E-state index in [1.807, 2.05) is 0 Å². The largest absolute Gasteiger partial charge is 4.00 e. The van der Waals surface area contributed by atoms with Crippen LogP contribution >= 0.6 is 0 Å². The average molecular weight is 331 g/mol. The quantitative estimate of drug-likeness (QED) is 0.270. The molecule has 0 saturated heterocycles. The van der Waals surface area contributed by atoms with Crippen LogP contribution in [0.5, 0.6) is 0 Å². The third-order valence-corrected chi connectivity index (χ3v) is 0.175. The monoisotopic (exact) mass is 330 g/mol. The molecule has 0 aromatic heterocycles. The Morgan fingerprint density at radius 1 is 1.00 bits per heavy atom. The zero-order chi connectivity index (χ0) is 13.3. The Labute approximate surface area is 101 Å². The maximum absolute atomic E-state index is 9.24. The number of carboxylic acid groups (broad SMARTS) is 1. The number of hydrogen-bond acceptors (Lipinski definition) is 10. The van der Waals surface area contributed by atoms with Crippen LogP contribution < -0.4 is 5.73 Å². The molecule has 0 saturated carbocycles. The second-order valence-corrected chi connectivity index (χ2v) is 3.05. The maximum Gasteiger partial charge on any atom is 4.00 e. The van der Waals surface area contributed by atoms with Gasteiger partial charge in [0.1, 0.15) is 0 Å². The van der Waals surface area contributed by atoms with Crippen molar-refractivity contribution < 1.29 is 62.0 Å². The van der Waals surface area contributed by atoms with E-state index in [0.717, 1.165) is 0 Å². The molecule has 0 amide bonds. The first-order valence-corrected chi connectivity index (χ1v) is 5.19. The zero-order valence-electron chi connectivity index (χ0n) is 7.02. The molecule has 0 aromatic carbocycles. The number of nitrogens with two attached hydrogens (primary N) is 1. The summed E-state index contributed by atoms with van der Waals surface area (Å²) >= 11 is 0. The summed E-state index contributed by atoms with van der Waals surface area (Å²) in [5.41, 5.74) is 4.57. The van der Waals surface area contributed by atoms with E-state index in [2.05, 4.69) is 5.73 Å². The number of hydrogen-bond donors (Lipinski definition) is 2. The summed E-state index contributed by atoms with van der Waals surface area (Å²) in [6.45, 7) is -0.278. The Morgan fingerprint density at radius 2 is 1.06 bits per heavy atom. The van der Waals surface area contributed by atoms with Crippen LogP contribution in [0.1, 0.15) is 0 Å². The normalized spacial score (nSPS) is 9.56. The Morgan fingerprint density at radius 3 is 1.06 bits per heavy atom. The topological polar surface area (TPSA) is 224 Å². The predicted molar refractivity (Wildman–Crippen MR) is 37.6 cm³/mol. The van der Waals surface area contributed by atoms with E-state index < -0.39 is 26.8 Å². The molecule has 0 unspecified atom stereocenters. The Kier molecular flexibility index (Phi) is 17.3. The summed E-state index contributed by atoms with van der Waals surface area (Å²) in [5.74, 6) is -0.968. The molecule has 0 rings (SSSR count). The number of aliphatic carboxylic acids is 1. The van der Waals surface area contributed by atoms with E-state index in [0.29, 0.717) is 0 Å². The summed E-state index contributed by atoms with van der Waals surface area (Å²) in [4.78, 5) is 9.24. The van der Waals surface area contributed by atoms with E-state index in [4.69, 9.17) is 40.2 Å². The van der Waals surface area contributed by atoms with Crippen molar-refractivity contribution in [1.82, 2.24) is 0 Å². The van der Waals surface area contributed by atoms with Crippen molar-refractivity contribution in [3.8, 4) is 0 Å². The fraction of sp³-hybridized carbons (Fsp3) is 0.500. The molecule has 16 heavy (non-hydrogen) atoms. The summed E-state index contributed by atoms with van der Waals surface area (Å²) in [6, 6.07) is 0. The van der Waals surface area contributed by atoms with Crippen molar-refractivity contribution in [3.63, 3.8) is 0 Å². The second kappa shape index (κ2) is 11.2. The van der Waals surface area contributed by atoms with Gasteiger partial charge in [-0.15, -0.1) is 0 Å². The van der Waals surface area contributed by atoms with Gasteiger partial charge in [0, 0.05) is 20.8 Å². The van der Waals surface area contributed by atoms with Crippen molar-refractivity contribution >= 4 is 26.8 Å². The van der Waals surface area contributed by atoms with E-state index in [1.165, 1.54) is 0 Å². The number of carboxylic acids is 1. The van der Waals surface area contributed by atoms with Crippen LogP contribution in [0.2, 0.25) is 0 Å². The first kappa shape index (κ1) is 24.8. The van der Waals surface area contributed by atoms with Gasteiger partial charge in [0.25, 0.3) is 0 Å². The minimum atomic E-state index is -5.17. The molecular formula is C2H5CuNO10S2. The fourth-order valence-corrected chi connectivity index (χ4v) is 0. The van der Waals surface area contributed by atoms with Gasteiger partial charge in [0.05, 0.1) is 6.54 Å². The Bertz CT molecular complexity index is 310. The van der Waals surface area contributed by atoms with Crippen molar-refractivity contribution in [2.24, 2.45) is 5.73 Å². The molecule has 1 radical (unpaired) electrons. The third kappa shape index (κ3) is 772. The molecule has 0 aliphatic carbocycles. The van der Waals surface area contributed by atoms with E-state index in [9.17, 15) is 4.79 Å². The average Bonchev–Trinajstić information content (AvgIpc) is 1.79. The molecule has 3 N–H and O–H groups in total. The van der Waals surface area contributed by atoms with Crippen LogP contribution in [0, 0.1) is 0 Å². The second-order valence-electron chi connectivity index (χ2n) is 1.41. The van der Waals surface area contributed by atoms with Gasteiger partial charge < -0.3 is 29.1 Å². The van der Waals surface area contributed by atoms with Gasteiger partial charge in [-0.2, -0.15) is 0 Å². The van der Waals surface area contributed by atoms with Crippen LogP contribution in [0.25, 0.3) is 0 Å². The molecule has 0 atom stereocenters. The number of carbonyl (C=O) groups is 1.